The molecule has 0 bridgehead atoms. The lowest BCUT2D eigenvalue weighted by Gasteiger charge is -2.23. The molecule has 0 radical (unpaired) electrons. The Hall–Kier alpha value is -3.17. The van der Waals surface area contributed by atoms with Crippen molar-refractivity contribution < 1.29 is 9.18 Å². The van der Waals surface area contributed by atoms with Gasteiger partial charge in [-0.2, -0.15) is 0 Å². The van der Waals surface area contributed by atoms with Crippen LogP contribution in [0.25, 0.3) is 11.0 Å². The summed E-state index contributed by atoms with van der Waals surface area (Å²) in [5.41, 5.74) is 3.56. The number of imidazole rings is 1. The number of halogens is 1. The van der Waals surface area contributed by atoms with Gasteiger partial charge in [-0.05, 0) is 62.7 Å². The number of rotatable bonds is 4. The molecule has 0 unspecified atom stereocenters. The van der Waals surface area contributed by atoms with Crippen molar-refractivity contribution in [3.05, 3.63) is 53.1 Å². The maximum Gasteiger partial charge on any atom is 0.175 e. The Morgan fingerprint density at radius 3 is 2.82 bits per heavy atom. The maximum atomic E-state index is 15.3. The molecule has 1 aliphatic rings. The fraction of sp³-hybridized carbons (Fsp3) is 0.273. The zero-order valence-corrected chi connectivity index (χ0v) is 15.6. The second-order valence-corrected chi connectivity index (χ2v) is 7.10. The molecular weight excluding hydrogens is 355 g/mol. The standard InChI is InChI=1S/C22H21FN4O/c1-3-14-4-5-17(13(2)10-14)27-20-16(22(28)15-6-8-24-9-7-15)11-18-21(19(20)23)26-12-25-18/h1,4-5,10-12,15,24,27H,6-9H2,2H3,(H,25,26). The quantitative estimate of drug-likeness (QED) is 0.477. The van der Waals surface area contributed by atoms with E-state index in [-0.39, 0.29) is 22.9 Å². The summed E-state index contributed by atoms with van der Waals surface area (Å²) in [7, 11) is 0. The van der Waals surface area contributed by atoms with E-state index in [1.165, 1.54) is 6.33 Å². The van der Waals surface area contributed by atoms with Crippen LogP contribution in [0.2, 0.25) is 0 Å². The monoisotopic (exact) mass is 376 g/mol. The molecule has 1 aromatic heterocycles. The normalized spacial score (nSPS) is 14.8. The van der Waals surface area contributed by atoms with Gasteiger partial charge in [-0.3, -0.25) is 4.79 Å². The summed E-state index contributed by atoms with van der Waals surface area (Å²) in [6.07, 6.45) is 8.38. The van der Waals surface area contributed by atoms with Gasteiger partial charge in [0.05, 0.1) is 17.5 Å². The van der Waals surface area contributed by atoms with Crippen LogP contribution in [0.3, 0.4) is 0 Å². The number of H-pyrrole nitrogens is 1. The average Bonchev–Trinajstić information content (AvgIpc) is 3.20. The second-order valence-electron chi connectivity index (χ2n) is 7.10. The molecule has 3 N–H and O–H groups in total. The number of ketones is 1. The second kappa shape index (κ2) is 7.45. The number of nitrogens with zero attached hydrogens (tertiary/aromatic N) is 1. The zero-order chi connectivity index (χ0) is 19.7. The highest BCUT2D eigenvalue weighted by Crippen LogP contribution is 2.33. The first-order valence-corrected chi connectivity index (χ1v) is 9.33. The SMILES string of the molecule is C#Cc1ccc(Nc2c(C(=O)C3CCNCC3)cc3[nH]cnc3c2F)c(C)c1. The van der Waals surface area contributed by atoms with Crippen molar-refractivity contribution in [3.63, 3.8) is 0 Å². The number of Topliss-reactive ketones (excluding diaryl/α,β-unsaturated/α-hetero) is 1. The third-order valence-corrected chi connectivity index (χ3v) is 5.28. The molecular formula is C22H21FN4O. The van der Waals surface area contributed by atoms with Gasteiger partial charge in [0.1, 0.15) is 5.52 Å². The van der Waals surface area contributed by atoms with E-state index in [2.05, 4.69) is 26.5 Å². The minimum Gasteiger partial charge on any atom is -0.352 e. The van der Waals surface area contributed by atoms with Crippen LogP contribution in [0.5, 0.6) is 0 Å². The number of aromatic amines is 1. The number of hydrogen-bond acceptors (Lipinski definition) is 4. The van der Waals surface area contributed by atoms with E-state index < -0.39 is 5.82 Å². The Labute approximate surface area is 162 Å². The van der Waals surface area contributed by atoms with Crippen molar-refractivity contribution in [2.45, 2.75) is 19.8 Å². The first-order valence-electron chi connectivity index (χ1n) is 9.33. The smallest absolute Gasteiger partial charge is 0.175 e. The number of nitrogens with one attached hydrogen (secondary N) is 3. The third-order valence-electron chi connectivity index (χ3n) is 5.28. The highest BCUT2D eigenvalue weighted by atomic mass is 19.1. The number of hydrogen-bond donors (Lipinski definition) is 3. The molecule has 4 rings (SSSR count). The molecule has 1 fully saturated rings. The Balaban J connectivity index is 1.80. The van der Waals surface area contributed by atoms with E-state index in [1.54, 1.807) is 18.2 Å². The fourth-order valence-corrected chi connectivity index (χ4v) is 3.69. The van der Waals surface area contributed by atoms with Crippen LogP contribution < -0.4 is 10.6 Å². The van der Waals surface area contributed by atoms with Crippen molar-refractivity contribution in [1.29, 1.82) is 0 Å². The summed E-state index contributed by atoms with van der Waals surface area (Å²) >= 11 is 0. The van der Waals surface area contributed by atoms with Gasteiger partial charge < -0.3 is 15.6 Å². The molecule has 3 aromatic rings. The van der Waals surface area contributed by atoms with E-state index in [4.69, 9.17) is 6.42 Å². The van der Waals surface area contributed by atoms with Gasteiger partial charge in [0.25, 0.3) is 0 Å². The number of terminal acetylenes is 1. The van der Waals surface area contributed by atoms with E-state index in [0.717, 1.165) is 37.1 Å². The molecule has 6 heteroatoms. The minimum atomic E-state index is -0.531. The first kappa shape index (κ1) is 18.2. The van der Waals surface area contributed by atoms with Gasteiger partial charge in [0.2, 0.25) is 0 Å². The van der Waals surface area contributed by atoms with E-state index in [1.807, 2.05) is 13.0 Å². The number of aryl methyl sites for hydroxylation is 1. The lowest BCUT2D eigenvalue weighted by molar-refractivity contribution is 0.0895. The molecule has 1 aliphatic heterocycles. The first-order chi connectivity index (χ1) is 13.6. The largest absolute Gasteiger partial charge is 0.352 e. The molecule has 142 valence electrons. The van der Waals surface area contributed by atoms with Crippen LogP contribution in [-0.2, 0) is 0 Å². The van der Waals surface area contributed by atoms with Gasteiger partial charge in [0, 0.05) is 22.7 Å². The average molecular weight is 376 g/mol. The summed E-state index contributed by atoms with van der Waals surface area (Å²) in [4.78, 5) is 20.2. The molecule has 0 amide bonds. The van der Waals surface area contributed by atoms with Crippen molar-refractivity contribution >= 4 is 28.2 Å². The number of piperidine rings is 1. The van der Waals surface area contributed by atoms with E-state index in [0.29, 0.717) is 16.8 Å². The molecule has 0 saturated carbocycles. The summed E-state index contributed by atoms with van der Waals surface area (Å²) in [6, 6.07) is 7.14. The molecule has 0 spiro atoms. The van der Waals surface area contributed by atoms with E-state index >= 15 is 4.39 Å². The summed E-state index contributed by atoms with van der Waals surface area (Å²) in [6.45, 7) is 3.48. The van der Waals surface area contributed by atoms with Crippen LogP contribution in [-0.4, -0.2) is 28.8 Å². The Kier molecular flexibility index (Phi) is 4.84. The van der Waals surface area contributed by atoms with Gasteiger partial charge in [-0.25, -0.2) is 9.37 Å². The van der Waals surface area contributed by atoms with Gasteiger partial charge in [0.15, 0.2) is 11.6 Å². The van der Waals surface area contributed by atoms with Crippen molar-refractivity contribution in [3.8, 4) is 12.3 Å². The number of carbonyl (C=O) groups excluding carboxylic acids is 1. The van der Waals surface area contributed by atoms with Crippen LogP contribution in [0.4, 0.5) is 15.8 Å². The zero-order valence-electron chi connectivity index (χ0n) is 15.6. The molecule has 0 aliphatic carbocycles. The highest BCUT2D eigenvalue weighted by Gasteiger charge is 2.27. The minimum absolute atomic E-state index is 0.0442. The molecule has 2 heterocycles. The summed E-state index contributed by atoms with van der Waals surface area (Å²) in [5.74, 6) is 1.89. The molecule has 5 nitrogen and oxygen atoms in total. The van der Waals surface area contributed by atoms with Crippen LogP contribution in [0, 0.1) is 31.0 Å². The Bertz CT molecular complexity index is 1090. The summed E-state index contributed by atoms with van der Waals surface area (Å²) < 4.78 is 15.3. The third kappa shape index (κ3) is 3.25. The predicted octanol–water partition coefficient (Wildman–Crippen LogP) is 3.92. The lowest BCUT2D eigenvalue weighted by Crippen LogP contribution is -2.32. The number of fused-ring (bicyclic) bond motifs is 1. The van der Waals surface area contributed by atoms with Crippen molar-refractivity contribution in [2.24, 2.45) is 5.92 Å². The number of aromatic nitrogens is 2. The van der Waals surface area contributed by atoms with E-state index in [9.17, 15) is 4.79 Å². The number of carbonyl (C=O) groups is 1. The van der Waals surface area contributed by atoms with Crippen molar-refractivity contribution in [2.75, 3.05) is 18.4 Å². The molecule has 1 saturated heterocycles. The maximum absolute atomic E-state index is 15.3. The van der Waals surface area contributed by atoms with Gasteiger partial charge in [-0.1, -0.05) is 5.92 Å². The fourth-order valence-electron chi connectivity index (χ4n) is 3.69. The van der Waals surface area contributed by atoms with Crippen LogP contribution >= 0.6 is 0 Å². The topological polar surface area (TPSA) is 69.8 Å². The lowest BCUT2D eigenvalue weighted by atomic mass is 9.88. The molecule has 2 aromatic carbocycles. The molecule has 0 atom stereocenters. The van der Waals surface area contributed by atoms with Crippen LogP contribution in [0.15, 0.2) is 30.6 Å². The highest BCUT2D eigenvalue weighted by molar-refractivity contribution is 6.06. The Morgan fingerprint density at radius 1 is 1.32 bits per heavy atom. The Morgan fingerprint density at radius 2 is 2.11 bits per heavy atom. The van der Waals surface area contributed by atoms with Crippen LogP contribution in [0.1, 0.15) is 34.3 Å². The molecule has 28 heavy (non-hydrogen) atoms. The summed E-state index contributed by atoms with van der Waals surface area (Å²) in [5, 5.41) is 6.38. The van der Waals surface area contributed by atoms with Crippen molar-refractivity contribution in [1.82, 2.24) is 15.3 Å². The predicted molar refractivity (Wildman–Crippen MR) is 108 cm³/mol. The van der Waals surface area contributed by atoms with Gasteiger partial charge in [-0.15, -0.1) is 6.42 Å². The van der Waals surface area contributed by atoms with Gasteiger partial charge >= 0.3 is 0 Å². The number of anilines is 2. The number of benzene rings is 2.